The van der Waals surface area contributed by atoms with Crippen LogP contribution in [0.4, 0.5) is 17.5 Å². The van der Waals surface area contributed by atoms with Crippen LogP contribution in [0, 0.1) is 13.8 Å². The monoisotopic (exact) mass is 2210 g/mol. The lowest BCUT2D eigenvalue weighted by atomic mass is 9.89. The Balaban J connectivity index is 0.000000108. The fourth-order valence-electron chi connectivity index (χ4n) is 22.7. The van der Waals surface area contributed by atoms with Crippen LogP contribution >= 0.6 is 71.0 Å². The maximum atomic E-state index is 6.35. The number of imidazole rings is 2. The number of anilines is 3. The maximum Gasteiger partial charge on any atom is 0.146 e. The van der Waals surface area contributed by atoms with Crippen LogP contribution in [-0.2, 0) is 46.7 Å². The van der Waals surface area contributed by atoms with E-state index in [2.05, 4.69) is 264 Å². The van der Waals surface area contributed by atoms with Gasteiger partial charge in [-0.2, -0.15) is 0 Å². The lowest BCUT2D eigenvalue weighted by molar-refractivity contribution is 0.00788. The third kappa shape index (κ3) is 22.0. The molecule has 0 amide bonds. The fourth-order valence-corrected chi connectivity index (χ4v) is 24.3. The van der Waals surface area contributed by atoms with Gasteiger partial charge in [-0.15, -0.1) is 0 Å². The average molecular weight is 2220 g/mol. The number of nitrogens with one attached hydrogen (secondary N) is 3. The van der Waals surface area contributed by atoms with Crippen LogP contribution in [-0.4, -0.2) is 234 Å². The van der Waals surface area contributed by atoms with E-state index in [1.807, 2.05) is 75.0 Å². The first-order valence-corrected chi connectivity index (χ1v) is 54.3. The molecule has 0 atom stereocenters. The number of nitrogens with zero attached hydrogens (tertiary/aromatic N) is 20. The molecule has 0 bridgehead atoms. The van der Waals surface area contributed by atoms with E-state index in [9.17, 15) is 0 Å². The Labute approximate surface area is 894 Å². The maximum absolute atomic E-state index is 6.35. The molecule has 34 heteroatoms. The first-order valence-electron chi connectivity index (χ1n) is 51.2. The number of aromatic nitrogens is 17. The summed E-state index contributed by atoms with van der Waals surface area (Å²) in [6, 6.07) is 59.9. The first kappa shape index (κ1) is 100. The standard InChI is InChI=1S/C32H37N7O2.C28H32BrN5O2.C25H30N6O.C18H13BrClN3O.C11H6BrClN2/c1-22-18-38(21-35-22)26-9-12-29-28(17-26)30-31(36-24-5-7-25(8-6-24)37-13-15-41-16-14-37)33-20-34-32(30)39(29)19-23-3-10-27(40-2)11-4-23;1-35-23-9-2-19(3-10-23)17-34-25-11-4-20(29)16-24(25)26-27(30-18-31-28(26)34)32-21-5-7-22(8-6-21)33-12-14-36-15-13-33;1-17-14-31(16-28-17)21-5-2-18-12-23-24(22(18)13-21)25(27-15-26-23)29-19-3-6-20(7-4-19)30-8-10-32-11-9-30;1-24-13-5-2-11(3-6-13)9-23-15-7-4-12(19)8-14(15)16-17(20)21-10-22-18(16)23;12-7-2-1-6-3-9-10(8(6)4-7)11(13)15-5-14-9/h3-4,9-12,17-18,20-21,24-25H,5-8,13-16,19H2,1-2H3,(H,33,34,36);2-4,9-11,16,18,21-22H,5-8,12-15,17H2,1H3,(H,30,31,32);2,5,13-16,19-20H,3-4,6-12H2,1H3,(H,26,27,29);2-8,10H,9H2,1H3;1-2,4-5H,3H2. The van der Waals surface area contributed by atoms with Crippen LogP contribution < -0.4 is 30.2 Å². The zero-order chi connectivity index (χ0) is 101. The van der Waals surface area contributed by atoms with Crippen molar-refractivity contribution < 1.29 is 28.4 Å². The number of methoxy groups -OCH3 is 3. The number of aryl methyl sites for hydroxylation is 2. The quantitative estimate of drug-likeness (QED) is 0.0598. The number of fused-ring (bicyclic) bond motifs is 15. The second kappa shape index (κ2) is 45.5. The van der Waals surface area contributed by atoms with Crippen molar-refractivity contribution in [2.75, 3.05) is 116 Å². The van der Waals surface area contributed by atoms with Gasteiger partial charge in [0.2, 0.25) is 0 Å². The van der Waals surface area contributed by atoms with Crippen molar-refractivity contribution in [2.45, 2.75) is 160 Å². The van der Waals surface area contributed by atoms with Crippen molar-refractivity contribution >= 4 is 154 Å². The molecule has 6 fully saturated rings. The van der Waals surface area contributed by atoms with Gasteiger partial charge < -0.3 is 67.2 Å². The molecule has 760 valence electrons. The van der Waals surface area contributed by atoms with Crippen molar-refractivity contribution in [1.29, 1.82) is 0 Å². The third-order valence-corrected chi connectivity index (χ3v) is 32.4. The van der Waals surface area contributed by atoms with Gasteiger partial charge in [0.25, 0.3) is 0 Å². The molecule has 13 heterocycles. The summed E-state index contributed by atoms with van der Waals surface area (Å²) in [5.41, 5.74) is 23.1. The summed E-state index contributed by atoms with van der Waals surface area (Å²) in [7, 11) is 5.06. The number of hydrogen-bond donors (Lipinski definition) is 3. The van der Waals surface area contributed by atoms with E-state index in [1.54, 1.807) is 40.3 Å². The molecule has 148 heavy (non-hydrogen) atoms. The Morgan fingerprint density at radius 1 is 0.345 bits per heavy atom. The molecule has 5 aliphatic carbocycles. The number of halogens is 5. The second-order valence-electron chi connectivity index (χ2n) is 39.3. The predicted molar refractivity (Wildman–Crippen MR) is 595 cm³/mol. The second-order valence-corrected chi connectivity index (χ2v) is 42.8. The Bertz CT molecular complexity index is 7760. The highest BCUT2D eigenvalue weighted by Crippen LogP contribution is 2.46. The molecular formula is C114H118Br3Cl2N23O6. The molecule has 0 radical (unpaired) electrons. The molecule has 8 aromatic carbocycles. The SMILES string of the molecule is COc1ccc(Cn2c3ccc(-n4cnc(C)c4)cc3c3c(NC4CCC(N5CCOCC5)CC4)ncnc32)cc1.COc1ccc(Cn2c3ccc(Br)cc3c3c(Cl)ncnc32)cc1.COc1ccc(Cn2c3ccc(Br)cc3c3c(NC4CCC(N5CCOCC5)CC4)ncnc32)cc1.Cc1cn(-c2ccc3c(c2)-c2c(ncnc2NC2CCC(N4CCOCC4)CC2)C3)cn1.Clc1ncnc2c1-c1cc(Br)ccc1C2. The van der Waals surface area contributed by atoms with E-state index < -0.39 is 0 Å². The van der Waals surface area contributed by atoms with Crippen molar-refractivity contribution in [1.82, 2.24) is 97.3 Å². The van der Waals surface area contributed by atoms with E-state index in [4.69, 9.17) is 76.5 Å². The summed E-state index contributed by atoms with van der Waals surface area (Å²) in [4.78, 5) is 62.0. The topological polar surface area (TPSA) is 281 Å². The van der Waals surface area contributed by atoms with Crippen LogP contribution in [0.2, 0.25) is 10.3 Å². The lowest BCUT2D eigenvalue weighted by Gasteiger charge is -2.39. The van der Waals surface area contributed by atoms with E-state index in [-0.39, 0.29) is 0 Å². The summed E-state index contributed by atoms with van der Waals surface area (Å²) in [6.07, 6.45) is 32.0. The third-order valence-electron chi connectivity index (χ3n) is 30.3. The lowest BCUT2D eigenvalue weighted by Crippen LogP contribution is -2.46. The Kier molecular flexibility index (Phi) is 30.8. The highest BCUT2D eigenvalue weighted by atomic mass is 79.9. The van der Waals surface area contributed by atoms with E-state index in [1.165, 1.54) is 97.4 Å². The van der Waals surface area contributed by atoms with Gasteiger partial charge in [-0.3, -0.25) is 14.7 Å². The fraction of sp³-hybridized carbons (Fsp3) is 0.351. The van der Waals surface area contributed by atoms with Gasteiger partial charge in [-0.1, -0.05) is 120 Å². The molecule has 3 aliphatic heterocycles. The molecule has 26 rings (SSSR count). The van der Waals surface area contributed by atoms with Crippen molar-refractivity contribution in [2.24, 2.45) is 0 Å². The Morgan fingerprint density at radius 2 is 0.689 bits per heavy atom. The summed E-state index contributed by atoms with van der Waals surface area (Å²) in [6.45, 7) is 17.8. The highest BCUT2D eigenvalue weighted by Gasteiger charge is 2.35. The smallest absolute Gasteiger partial charge is 0.146 e. The molecule has 29 nitrogen and oxygen atoms in total. The van der Waals surface area contributed by atoms with Crippen molar-refractivity contribution in [3.8, 4) is 50.9 Å². The number of morpholine rings is 3. The molecule has 3 saturated carbocycles. The average Bonchev–Trinajstić information content (AvgIpc) is 1.72. The van der Waals surface area contributed by atoms with Crippen LogP contribution in [0.3, 0.4) is 0 Å². The molecular weight excluding hydrogens is 2100 g/mol. The minimum atomic E-state index is 0.393. The minimum absolute atomic E-state index is 0.393. The normalized spacial score (nSPS) is 18.8. The Hall–Kier alpha value is -12.4. The van der Waals surface area contributed by atoms with Crippen LogP contribution in [0.15, 0.2) is 234 Å². The van der Waals surface area contributed by atoms with Gasteiger partial charge in [0, 0.05) is 172 Å². The van der Waals surface area contributed by atoms with Crippen LogP contribution in [0.5, 0.6) is 17.2 Å². The number of benzene rings is 8. The molecule has 10 aromatic heterocycles. The summed E-state index contributed by atoms with van der Waals surface area (Å²) < 4.78 is 46.6. The van der Waals surface area contributed by atoms with Gasteiger partial charge in [0.15, 0.2) is 0 Å². The number of rotatable bonds is 20. The van der Waals surface area contributed by atoms with E-state index in [0.29, 0.717) is 59.6 Å². The predicted octanol–water partition coefficient (Wildman–Crippen LogP) is 22.8. The summed E-state index contributed by atoms with van der Waals surface area (Å²) >= 11 is 23.1. The summed E-state index contributed by atoms with van der Waals surface area (Å²) in [5, 5.41) is 18.9. The Morgan fingerprint density at radius 3 is 1.13 bits per heavy atom. The first-order chi connectivity index (χ1) is 72.5. The zero-order valence-electron chi connectivity index (χ0n) is 83.5. The largest absolute Gasteiger partial charge is 0.497 e. The molecule has 3 N–H and O–H groups in total. The minimum Gasteiger partial charge on any atom is -0.497 e. The highest BCUT2D eigenvalue weighted by molar-refractivity contribution is 9.11. The van der Waals surface area contributed by atoms with Gasteiger partial charge >= 0.3 is 0 Å². The van der Waals surface area contributed by atoms with Gasteiger partial charge in [-0.25, -0.2) is 59.8 Å². The van der Waals surface area contributed by atoms with Gasteiger partial charge in [0.1, 0.15) is 93.6 Å². The van der Waals surface area contributed by atoms with E-state index in [0.717, 1.165) is 289 Å². The molecule has 0 unspecified atom stereocenters. The van der Waals surface area contributed by atoms with Gasteiger partial charge in [0.05, 0.1) is 129 Å². The molecule has 18 aromatic rings. The molecule has 3 saturated heterocycles. The van der Waals surface area contributed by atoms with Crippen LogP contribution in [0.1, 0.15) is 128 Å². The number of hydrogen-bond acceptors (Lipinski definition) is 24. The van der Waals surface area contributed by atoms with E-state index >= 15 is 0 Å². The molecule has 0 spiro atoms. The number of ether oxygens (including phenoxy) is 6. The molecule has 8 aliphatic rings. The van der Waals surface area contributed by atoms with Crippen molar-refractivity contribution in [3.05, 3.63) is 295 Å². The zero-order valence-corrected chi connectivity index (χ0v) is 89.8. The van der Waals surface area contributed by atoms with Crippen LogP contribution in [0.25, 0.3) is 99.4 Å². The van der Waals surface area contributed by atoms with Gasteiger partial charge in [-0.05, 0) is 245 Å². The van der Waals surface area contributed by atoms with Crippen molar-refractivity contribution in [3.63, 3.8) is 0 Å². The summed E-state index contributed by atoms with van der Waals surface area (Å²) in [5.74, 6) is 5.40.